The highest BCUT2D eigenvalue weighted by Crippen LogP contribution is 2.15. The molecule has 5 heteroatoms. The standard InChI is InChI=1S/C14H21BrN2O2/c1-11-8-12(10-13(15)9-11)14(18)16-4-5-17(2)6-7-19-3/h8-10H,4-7H2,1-3H3,(H,16,18). The molecule has 0 saturated carbocycles. The number of rotatable bonds is 7. The number of amides is 1. The number of halogens is 1. The number of nitrogens with zero attached hydrogens (tertiary/aromatic N) is 1. The maximum atomic E-state index is 12.0. The van der Waals surface area contributed by atoms with Crippen molar-refractivity contribution < 1.29 is 9.53 Å². The Kier molecular flexibility index (Phi) is 7.05. The topological polar surface area (TPSA) is 41.6 Å². The van der Waals surface area contributed by atoms with Crippen LogP contribution in [-0.4, -0.2) is 51.2 Å². The molecule has 1 aromatic carbocycles. The molecule has 4 nitrogen and oxygen atoms in total. The van der Waals surface area contributed by atoms with E-state index in [0.29, 0.717) is 18.7 Å². The zero-order chi connectivity index (χ0) is 14.3. The van der Waals surface area contributed by atoms with Gasteiger partial charge < -0.3 is 15.0 Å². The summed E-state index contributed by atoms with van der Waals surface area (Å²) >= 11 is 3.40. The van der Waals surface area contributed by atoms with Crippen molar-refractivity contribution in [3.8, 4) is 0 Å². The lowest BCUT2D eigenvalue weighted by Gasteiger charge is -2.16. The molecule has 0 aliphatic heterocycles. The first kappa shape index (κ1) is 16.1. The average molecular weight is 329 g/mol. The summed E-state index contributed by atoms with van der Waals surface area (Å²) < 4.78 is 5.93. The predicted molar refractivity (Wildman–Crippen MR) is 80.6 cm³/mol. The molecule has 0 aliphatic carbocycles. The lowest BCUT2D eigenvalue weighted by Crippen LogP contribution is -2.34. The highest BCUT2D eigenvalue weighted by molar-refractivity contribution is 9.10. The van der Waals surface area contributed by atoms with Gasteiger partial charge in [0, 0.05) is 36.8 Å². The average Bonchev–Trinajstić information content (AvgIpc) is 2.35. The van der Waals surface area contributed by atoms with Crippen molar-refractivity contribution in [1.29, 1.82) is 0 Å². The van der Waals surface area contributed by atoms with Crippen molar-refractivity contribution in [2.75, 3.05) is 40.4 Å². The number of ether oxygens (including phenoxy) is 1. The molecule has 0 aromatic heterocycles. The van der Waals surface area contributed by atoms with E-state index in [1.54, 1.807) is 7.11 Å². The van der Waals surface area contributed by atoms with Gasteiger partial charge in [-0.3, -0.25) is 4.79 Å². The number of carbonyl (C=O) groups is 1. The Morgan fingerprint density at radius 3 is 2.74 bits per heavy atom. The monoisotopic (exact) mass is 328 g/mol. The van der Waals surface area contributed by atoms with Crippen LogP contribution in [0.3, 0.4) is 0 Å². The van der Waals surface area contributed by atoms with Crippen molar-refractivity contribution in [3.05, 3.63) is 33.8 Å². The number of nitrogens with one attached hydrogen (secondary N) is 1. The number of carbonyl (C=O) groups excluding carboxylic acids is 1. The summed E-state index contributed by atoms with van der Waals surface area (Å²) in [4.78, 5) is 14.1. The van der Waals surface area contributed by atoms with E-state index in [4.69, 9.17) is 4.74 Å². The van der Waals surface area contributed by atoms with Crippen molar-refractivity contribution in [2.24, 2.45) is 0 Å². The van der Waals surface area contributed by atoms with E-state index in [0.717, 1.165) is 23.1 Å². The lowest BCUT2D eigenvalue weighted by atomic mass is 10.1. The van der Waals surface area contributed by atoms with E-state index >= 15 is 0 Å². The third kappa shape index (κ3) is 6.18. The fourth-order valence-electron chi connectivity index (χ4n) is 1.69. The van der Waals surface area contributed by atoms with Gasteiger partial charge >= 0.3 is 0 Å². The molecule has 19 heavy (non-hydrogen) atoms. The summed E-state index contributed by atoms with van der Waals surface area (Å²) in [6, 6.07) is 5.70. The van der Waals surface area contributed by atoms with Gasteiger partial charge in [0.2, 0.25) is 0 Å². The summed E-state index contributed by atoms with van der Waals surface area (Å²) in [6.07, 6.45) is 0. The first-order chi connectivity index (χ1) is 9.02. The largest absolute Gasteiger partial charge is 0.383 e. The van der Waals surface area contributed by atoms with Crippen molar-refractivity contribution >= 4 is 21.8 Å². The second-order valence-corrected chi connectivity index (χ2v) is 5.48. The fourth-order valence-corrected chi connectivity index (χ4v) is 2.30. The normalized spacial score (nSPS) is 10.8. The molecule has 106 valence electrons. The van der Waals surface area contributed by atoms with Crippen LogP contribution in [0.2, 0.25) is 0 Å². The van der Waals surface area contributed by atoms with Gasteiger partial charge in [-0.1, -0.05) is 15.9 Å². The molecule has 1 aromatic rings. The van der Waals surface area contributed by atoms with Crippen LogP contribution in [0.4, 0.5) is 0 Å². The van der Waals surface area contributed by atoms with Crippen LogP contribution < -0.4 is 5.32 Å². The Bertz CT molecular complexity index is 404. The molecule has 0 saturated heterocycles. The van der Waals surface area contributed by atoms with E-state index in [1.165, 1.54) is 0 Å². The number of hydrogen-bond donors (Lipinski definition) is 1. The second-order valence-electron chi connectivity index (χ2n) is 4.57. The molecule has 0 radical (unpaired) electrons. The highest BCUT2D eigenvalue weighted by Gasteiger charge is 2.07. The van der Waals surface area contributed by atoms with Crippen LogP contribution in [0, 0.1) is 6.92 Å². The van der Waals surface area contributed by atoms with Crippen molar-refractivity contribution in [2.45, 2.75) is 6.92 Å². The minimum Gasteiger partial charge on any atom is -0.383 e. The van der Waals surface area contributed by atoms with Gasteiger partial charge in [-0.15, -0.1) is 0 Å². The van der Waals surface area contributed by atoms with Gasteiger partial charge in [0.05, 0.1) is 6.61 Å². The zero-order valence-corrected chi connectivity index (χ0v) is 13.3. The first-order valence-corrected chi connectivity index (χ1v) is 7.05. The number of likely N-dealkylation sites (N-methyl/N-ethyl adjacent to an activating group) is 1. The summed E-state index contributed by atoms with van der Waals surface area (Å²) in [6.45, 7) is 4.98. The Hall–Kier alpha value is -0.910. The van der Waals surface area contributed by atoms with Gasteiger partial charge in [0.25, 0.3) is 5.91 Å². The molecular formula is C14H21BrN2O2. The fraction of sp³-hybridized carbons (Fsp3) is 0.500. The Labute approximate surface area is 123 Å². The van der Waals surface area contributed by atoms with Gasteiger partial charge in [-0.25, -0.2) is 0 Å². The Balaban J connectivity index is 2.39. The molecule has 0 spiro atoms. The van der Waals surface area contributed by atoms with Crippen LogP contribution >= 0.6 is 15.9 Å². The molecular weight excluding hydrogens is 308 g/mol. The quantitative estimate of drug-likeness (QED) is 0.833. The molecule has 0 atom stereocenters. The predicted octanol–water partition coefficient (Wildman–Crippen LogP) is 2.07. The highest BCUT2D eigenvalue weighted by atomic mass is 79.9. The van der Waals surface area contributed by atoms with Crippen molar-refractivity contribution in [3.63, 3.8) is 0 Å². The summed E-state index contributed by atoms with van der Waals surface area (Å²) in [7, 11) is 3.69. The lowest BCUT2D eigenvalue weighted by molar-refractivity contribution is 0.0947. The third-order valence-corrected chi connectivity index (χ3v) is 3.22. The second kappa shape index (κ2) is 8.30. The van der Waals surface area contributed by atoms with Crippen molar-refractivity contribution in [1.82, 2.24) is 10.2 Å². The first-order valence-electron chi connectivity index (χ1n) is 6.26. The van der Waals surface area contributed by atoms with Crippen LogP contribution in [0.5, 0.6) is 0 Å². The van der Waals surface area contributed by atoms with E-state index in [-0.39, 0.29) is 5.91 Å². The third-order valence-electron chi connectivity index (χ3n) is 2.76. The smallest absolute Gasteiger partial charge is 0.251 e. The SMILES string of the molecule is COCCN(C)CCNC(=O)c1cc(C)cc(Br)c1. The molecule has 0 unspecified atom stereocenters. The van der Waals surface area contributed by atoms with Crippen LogP contribution in [0.1, 0.15) is 15.9 Å². The van der Waals surface area contributed by atoms with E-state index in [1.807, 2.05) is 32.2 Å². The van der Waals surface area contributed by atoms with E-state index in [9.17, 15) is 4.79 Å². The van der Waals surface area contributed by atoms with Crippen LogP contribution in [0.15, 0.2) is 22.7 Å². The Morgan fingerprint density at radius 1 is 1.37 bits per heavy atom. The molecule has 0 bridgehead atoms. The van der Waals surface area contributed by atoms with Gasteiger partial charge in [0.15, 0.2) is 0 Å². The van der Waals surface area contributed by atoms with Gasteiger partial charge in [-0.2, -0.15) is 0 Å². The molecule has 0 fully saturated rings. The summed E-state index contributed by atoms with van der Waals surface area (Å²) in [5.41, 5.74) is 1.75. The molecule has 0 aliphatic rings. The van der Waals surface area contributed by atoms with E-state index in [2.05, 4.69) is 26.1 Å². The Morgan fingerprint density at radius 2 is 2.11 bits per heavy atom. The molecule has 1 N–H and O–H groups in total. The van der Waals surface area contributed by atoms with Gasteiger partial charge in [0.1, 0.15) is 0 Å². The minimum atomic E-state index is -0.0375. The van der Waals surface area contributed by atoms with Gasteiger partial charge in [-0.05, 0) is 37.7 Å². The summed E-state index contributed by atoms with van der Waals surface area (Å²) in [5, 5.41) is 2.92. The summed E-state index contributed by atoms with van der Waals surface area (Å²) in [5.74, 6) is -0.0375. The maximum Gasteiger partial charge on any atom is 0.251 e. The minimum absolute atomic E-state index is 0.0375. The van der Waals surface area contributed by atoms with E-state index < -0.39 is 0 Å². The maximum absolute atomic E-state index is 12.0. The number of aryl methyl sites for hydroxylation is 1. The van der Waals surface area contributed by atoms with Crippen LogP contribution in [-0.2, 0) is 4.74 Å². The molecule has 1 rings (SSSR count). The molecule has 0 heterocycles. The number of methoxy groups -OCH3 is 1. The molecule has 1 amide bonds. The number of hydrogen-bond acceptors (Lipinski definition) is 3. The van der Waals surface area contributed by atoms with Crippen LogP contribution in [0.25, 0.3) is 0 Å². The zero-order valence-electron chi connectivity index (χ0n) is 11.7. The number of benzene rings is 1.